The molecule has 0 saturated carbocycles. The topological polar surface area (TPSA) is 72.5 Å². The van der Waals surface area contributed by atoms with Crippen LogP contribution in [0.25, 0.3) is 0 Å². The van der Waals surface area contributed by atoms with Crippen LogP contribution in [0.15, 0.2) is 42.6 Å². The summed E-state index contributed by atoms with van der Waals surface area (Å²) in [5.74, 6) is 0.565. The average Bonchev–Trinajstić information content (AvgIpc) is 2.72. The average molecular weight is 429 g/mol. The Morgan fingerprint density at radius 1 is 1.17 bits per heavy atom. The maximum absolute atomic E-state index is 12.2. The van der Waals surface area contributed by atoms with Gasteiger partial charge in [0, 0.05) is 18.8 Å². The number of hydrogen-bond donors (Lipinski definition) is 2. The van der Waals surface area contributed by atoms with E-state index in [2.05, 4.69) is 20.4 Å². The Morgan fingerprint density at radius 3 is 2.37 bits per heavy atom. The number of halogens is 3. The number of pyridine rings is 1. The highest BCUT2D eigenvalue weighted by Crippen LogP contribution is 2.18. The Morgan fingerprint density at radius 2 is 1.80 bits per heavy atom. The summed E-state index contributed by atoms with van der Waals surface area (Å²) in [5.41, 5.74) is 1.46. The lowest BCUT2D eigenvalue weighted by molar-refractivity contribution is -0.154. The predicted molar refractivity (Wildman–Crippen MR) is 111 cm³/mol. The van der Waals surface area contributed by atoms with Crippen molar-refractivity contribution in [2.75, 3.05) is 13.7 Å². The summed E-state index contributed by atoms with van der Waals surface area (Å²) >= 11 is 0. The Hall–Kier alpha value is -2.97. The van der Waals surface area contributed by atoms with Gasteiger partial charge in [-0.3, -0.25) is 0 Å². The van der Waals surface area contributed by atoms with E-state index in [0.717, 1.165) is 11.3 Å². The summed E-state index contributed by atoms with van der Waals surface area (Å²) in [4.78, 5) is 15.7. The van der Waals surface area contributed by atoms with Crippen LogP contribution in [0.2, 0.25) is 0 Å². The van der Waals surface area contributed by atoms with Crippen molar-refractivity contribution in [3.8, 4) is 11.6 Å². The van der Waals surface area contributed by atoms with E-state index < -0.39 is 18.8 Å². The van der Waals surface area contributed by atoms with Gasteiger partial charge in [-0.25, -0.2) is 9.78 Å². The lowest BCUT2D eigenvalue weighted by Gasteiger charge is -2.15. The van der Waals surface area contributed by atoms with Crippen molar-refractivity contribution in [1.82, 2.24) is 15.6 Å². The second-order valence-electron chi connectivity index (χ2n) is 5.73. The van der Waals surface area contributed by atoms with Crippen LogP contribution in [-0.2, 0) is 6.54 Å². The van der Waals surface area contributed by atoms with Crippen LogP contribution in [0.1, 0.15) is 45.4 Å². The number of benzene rings is 1. The van der Waals surface area contributed by atoms with Gasteiger partial charge >= 0.3 is 12.2 Å². The van der Waals surface area contributed by atoms with Crippen LogP contribution in [0.5, 0.6) is 11.6 Å². The molecule has 2 N–H and O–H groups in total. The molecule has 2 aromatic rings. The molecular weight excluding hydrogens is 399 g/mol. The lowest BCUT2D eigenvalue weighted by Crippen LogP contribution is -2.36. The van der Waals surface area contributed by atoms with Crippen LogP contribution in [-0.4, -0.2) is 30.9 Å². The predicted octanol–water partition coefficient (Wildman–Crippen LogP) is 5.25. The summed E-state index contributed by atoms with van der Waals surface area (Å²) in [6.45, 7) is 4.53. The van der Waals surface area contributed by atoms with Crippen molar-refractivity contribution in [2.45, 2.75) is 47.0 Å². The van der Waals surface area contributed by atoms with Gasteiger partial charge in [-0.1, -0.05) is 33.4 Å². The number of carbonyl (C=O) groups excluding carboxylic acids is 1. The van der Waals surface area contributed by atoms with Gasteiger partial charge in [0.25, 0.3) is 0 Å². The highest BCUT2D eigenvalue weighted by atomic mass is 19.4. The number of alkyl halides is 3. The normalized spacial score (nSPS) is 11.2. The quantitative estimate of drug-likeness (QED) is 0.630. The molecule has 0 spiro atoms. The number of rotatable bonds is 7. The van der Waals surface area contributed by atoms with Crippen molar-refractivity contribution >= 4 is 6.03 Å². The summed E-state index contributed by atoms with van der Waals surface area (Å²) in [5, 5.41) is 5.42. The van der Waals surface area contributed by atoms with Gasteiger partial charge in [-0.2, -0.15) is 13.2 Å². The third kappa shape index (κ3) is 9.99. The number of carbonyl (C=O) groups is 1. The van der Waals surface area contributed by atoms with E-state index in [4.69, 9.17) is 4.74 Å². The third-order valence-corrected chi connectivity index (χ3v) is 3.60. The minimum atomic E-state index is -4.44. The van der Waals surface area contributed by atoms with E-state index in [-0.39, 0.29) is 25.9 Å². The summed E-state index contributed by atoms with van der Waals surface area (Å²) in [6.07, 6.45) is -3.12. The molecule has 168 valence electrons. The first-order valence-corrected chi connectivity index (χ1v) is 9.09. The molecule has 30 heavy (non-hydrogen) atoms. The lowest BCUT2D eigenvalue weighted by atomic mass is 10.1. The molecule has 0 radical (unpaired) electrons. The number of nitrogens with one attached hydrogen (secondary N) is 2. The summed E-state index contributed by atoms with van der Waals surface area (Å²) in [7, 11) is 1.57. The molecule has 0 aliphatic rings. The molecular formula is C21H30F3N3O3. The van der Waals surface area contributed by atoms with Gasteiger partial charge in [0.2, 0.25) is 5.88 Å². The number of amides is 2. The molecule has 0 aliphatic heterocycles. The third-order valence-electron chi connectivity index (χ3n) is 3.60. The van der Waals surface area contributed by atoms with E-state index in [1.807, 2.05) is 32.9 Å². The van der Waals surface area contributed by atoms with Crippen molar-refractivity contribution in [2.24, 2.45) is 0 Å². The van der Waals surface area contributed by atoms with E-state index in [1.54, 1.807) is 25.3 Å². The monoisotopic (exact) mass is 429 g/mol. The molecule has 1 aromatic carbocycles. The highest BCUT2D eigenvalue weighted by Gasteiger charge is 2.28. The molecule has 9 heteroatoms. The second kappa shape index (κ2) is 13.3. The highest BCUT2D eigenvalue weighted by molar-refractivity contribution is 5.74. The van der Waals surface area contributed by atoms with Gasteiger partial charge in [-0.05, 0) is 36.2 Å². The number of nitrogens with zero attached hydrogens (tertiary/aromatic N) is 1. The second-order valence-corrected chi connectivity index (χ2v) is 5.73. The van der Waals surface area contributed by atoms with Crippen molar-refractivity contribution in [3.63, 3.8) is 0 Å². The van der Waals surface area contributed by atoms with Gasteiger partial charge < -0.3 is 20.1 Å². The SMILES string of the molecule is C.CC.COc1ccc(C(C)NC(=O)NCc2ccnc(OCC(F)(F)F)c2)cc1. The van der Waals surface area contributed by atoms with Crippen molar-refractivity contribution in [1.29, 1.82) is 0 Å². The fourth-order valence-electron chi connectivity index (χ4n) is 2.20. The summed E-state index contributed by atoms with van der Waals surface area (Å²) in [6, 6.07) is 9.56. The molecule has 1 atom stereocenters. The van der Waals surface area contributed by atoms with Gasteiger partial charge in [-0.15, -0.1) is 0 Å². The van der Waals surface area contributed by atoms with E-state index in [1.165, 1.54) is 12.3 Å². The molecule has 0 aliphatic carbocycles. The minimum absolute atomic E-state index is 0. The minimum Gasteiger partial charge on any atom is -0.497 e. The zero-order chi connectivity index (χ0) is 21.9. The first-order valence-electron chi connectivity index (χ1n) is 9.09. The molecule has 0 saturated heterocycles. The Kier molecular flexibility index (Phi) is 12.0. The maximum Gasteiger partial charge on any atom is 0.422 e. The van der Waals surface area contributed by atoms with Gasteiger partial charge in [0.15, 0.2) is 6.61 Å². The smallest absolute Gasteiger partial charge is 0.422 e. The number of urea groups is 1. The molecule has 2 amide bonds. The molecule has 1 unspecified atom stereocenters. The van der Waals surface area contributed by atoms with E-state index in [9.17, 15) is 18.0 Å². The zero-order valence-electron chi connectivity index (χ0n) is 16.8. The largest absolute Gasteiger partial charge is 0.497 e. The molecule has 6 nitrogen and oxygen atoms in total. The Bertz CT molecular complexity index is 753. The van der Waals surface area contributed by atoms with Gasteiger partial charge in [0.1, 0.15) is 5.75 Å². The van der Waals surface area contributed by atoms with Crippen LogP contribution < -0.4 is 20.1 Å². The first-order chi connectivity index (χ1) is 13.8. The summed E-state index contributed by atoms with van der Waals surface area (Å²) < 4.78 is 46.2. The van der Waals surface area contributed by atoms with E-state index >= 15 is 0 Å². The molecule has 2 rings (SSSR count). The Labute approximate surface area is 175 Å². The number of aromatic nitrogens is 1. The standard InChI is InChI=1S/C18H20F3N3O3.C2H6.CH4/c1-12(14-3-5-15(26-2)6-4-14)24-17(25)23-10-13-7-8-22-16(9-13)27-11-18(19,20)21;1-2;/h3-9,12H,10-11H2,1-2H3,(H2,23,24,25);1-2H3;1H4. The van der Waals surface area contributed by atoms with Crippen LogP contribution in [0.4, 0.5) is 18.0 Å². The van der Waals surface area contributed by atoms with E-state index in [0.29, 0.717) is 5.56 Å². The molecule has 1 aromatic heterocycles. The number of hydrogen-bond acceptors (Lipinski definition) is 4. The number of ether oxygens (including phenoxy) is 2. The number of methoxy groups -OCH3 is 1. The van der Waals surface area contributed by atoms with Crippen molar-refractivity contribution in [3.05, 3.63) is 53.7 Å². The Balaban J connectivity index is 0.00000272. The first kappa shape index (κ1) is 27.0. The maximum atomic E-state index is 12.2. The zero-order valence-corrected chi connectivity index (χ0v) is 16.8. The fraction of sp³-hybridized carbons (Fsp3) is 0.429. The molecule has 0 bridgehead atoms. The molecule has 0 fully saturated rings. The fourth-order valence-corrected chi connectivity index (χ4v) is 2.20. The van der Waals surface area contributed by atoms with Crippen LogP contribution in [0.3, 0.4) is 0 Å². The van der Waals surface area contributed by atoms with Crippen LogP contribution >= 0.6 is 0 Å². The molecule has 1 heterocycles. The van der Waals surface area contributed by atoms with Gasteiger partial charge in [0.05, 0.1) is 13.2 Å². The van der Waals surface area contributed by atoms with Crippen LogP contribution in [0, 0.1) is 0 Å². The van der Waals surface area contributed by atoms with Crippen molar-refractivity contribution < 1.29 is 27.4 Å².